The van der Waals surface area contributed by atoms with Crippen molar-refractivity contribution < 1.29 is 9.47 Å². The standard InChI is InChI=1S/C18H23N3O2/c1-22-16-6-4-14(5-7-16)12-15-13-21(11-8-17(15)23-2)18-19-9-3-10-20-18/h3-7,9-10,15,17H,8,11-13H2,1-2H3/t15-,17-/m1/s1. The summed E-state index contributed by atoms with van der Waals surface area (Å²) in [7, 11) is 3.50. The minimum Gasteiger partial charge on any atom is -0.497 e. The average molecular weight is 313 g/mol. The second kappa shape index (κ2) is 7.42. The van der Waals surface area contributed by atoms with Crippen LogP contribution in [0.5, 0.6) is 5.75 Å². The Labute approximate surface area is 137 Å². The molecule has 0 saturated carbocycles. The number of hydrogen-bond acceptors (Lipinski definition) is 5. The van der Waals surface area contributed by atoms with Gasteiger partial charge in [0.15, 0.2) is 0 Å². The zero-order chi connectivity index (χ0) is 16.1. The van der Waals surface area contributed by atoms with Crippen molar-refractivity contribution in [3.63, 3.8) is 0 Å². The third-order valence-electron chi connectivity index (χ3n) is 4.46. The molecule has 0 unspecified atom stereocenters. The van der Waals surface area contributed by atoms with Crippen molar-refractivity contribution in [3.05, 3.63) is 48.3 Å². The molecule has 1 aliphatic rings. The van der Waals surface area contributed by atoms with Crippen molar-refractivity contribution in [1.29, 1.82) is 0 Å². The number of anilines is 1. The molecule has 1 aliphatic heterocycles. The number of benzene rings is 1. The number of piperidine rings is 1. The van der Waals surface area contributed by atoms with Gasteiger partial charge in [-0.2, -0.15) is 0 Å². The van der Waals surface area contributed by atoms with Crippen LogP contribution >= 0.6 is 0 Å². The lowest BCUT2D eigenvalue weighted by Crippen LogP contribution is -2.45. The first-order valence-corrected chi connectivity index (χ1v) is 7.98. The second-order valence-corrected chi connectivity index (χ2v) is 5.87. The molecular formula is C18H23N3O2. The molecule has 1 saturated heterocycles. The fourth-order valence-corrected chi connectivity index (χ4v) is 3.22. The fourth-order valence-electron chi connectivity index (χ4n) is 3.22. The first kappa shape index (κ1) is 15.7. The molecule has 0 bridgehead atoms. The van der Waals surface area contributed by atoms with E-state index in [1.54, 1.807) is 26.6 Å². The first-order valence-electron chi connectivity index (χ1n) is 7.98. The predicted octanol–water partition coefficient (Wildman–Crippen LogP) is 2.57. The smallest absolute Gasteiger partial charge is 0.225 e. The van der Waals surface area contributed by atoms with Crippen molar-refractivity contribution in [2.24, 2.45) is 5.92 Å². The summed E-state index contributed by atoms with van der Waals surface area (Å²) in [5, 5.41) is 0. The van der Waals surface area contributed by atoms with Crippen LogP contribution in [-0.4, -0.2) is 43.4 Å². The molecule has 2 atom stereocenters. The SMILES string of the molecule is COc1ccc(C[C@@H]2CN(c3ncccn3)CC[C@H]2OC)cc1. The van der Waals surface area contributed by atoms with Crippen LogP contribution in [0.3, 0.4) is 0 Å². The Balaban J connectivity index is 1.71. The quantitative estimate of drug-likeness (QED) is 0.849. The highest BCUT2D eigenvalue weighted by Gasteiger charge is 2.30. The summed E-state index contributed by atoms with van der Waals surface area (Å²) in [5.74, 6) is 2.12. The molecule has 0 aliphatic carbocycles. The van der Waals surface area contributed by atoms with Gasteiger partial charge in [0.25, 0.3) is 0 Å². The fraction of sp³-hybridized carbons (Fsp3) is 0.444. The largest absolute Gasteiger partial charge is 0.497 e. The average Bonchev–Trinajstić information content (AvgIpc) is 2.63. The van der Waals surface area contributed by atoms with E-state index in [2.05, 4.69) is 27.0 Å². The van der Waals surface area contributed by atoms with Gasteiger partial charge in [0, 0.05) is 38.5 Å². The van der Waals surface area contributed by atoms with Crippen LogP contribution in [0.2, 0.25) is 0 Å². The summed E-state index contributed by atoms with van der Waals surface area (Å²) in [6.45, 7) is 1.84. The van der Waals surface area contributed by atoms with Gasteiger partial charge >= 0.3 is 0 Å². The molecule has 3 rings (SSSR count). The number of ether oxygens (including phenoxy) is 2. The molecule has 2 aromatic rings. The lowest BCUT2D eigenvalue weighted by molar-refractivity contribution is 0.0374. The summed E-state index contributed by atoms with van der Waals surface area (Å²) in [6, 6.07) is 10.1. The van der Waals surface area contributed by atoms with Gasteiger partial charge in [-0.15, -0.1) is 0 Å². The summed E-state index contributed by atoms with van der Waals surface area (Å²) in [4.78, 5) is 11.0. The van der Waals surface area contributed by atoms with E-state index in [9.17, 15) is 0 Å². The number of nitrogens with zero attached hydrogens (tertiary/aromatic N) is 3. The van der Waals surface area contributed by atoms with Gasteiger partial charge < -0.3 is 14.4 Å². The highest BCUT2D eigenvalue weighted by Crippen LogP contribution is 2.26. The number of rotatable bonds is 5. The van der Waals surface area contributed by atoms with Crippen molar-refractivity contribution in [2.45, 2.75) is 18.9 Å². The Kier molecular flexibility index (Phi) is 5.08. The van der Waals surface area contributed by atoms with Crippen molar-refractivity contribution >= 4 is 5.95 Å². The van der Waals surface area contributed by atoms with Gasteiger partial charge in [0.05, 0.1) is 13.2 Å². The molecule has 1 fully saturated rings. The minimum atomic E-state index is 0.275. The maximum atomic E-state index is 5.71. The van der Waals surface area contributed by atoms with E-state index in [0.29, 0.717) is 5.92 Å². The van der Waals surface area contributed by atoms with E-state index in [-0.39, 0.29) is 6.10 Å². The molecule has 1 aromatic heterocycles. The van der Waals surface area contributed by atoms with Crippen LogP contribution in [0.1, 0.15) is 12.0 Å². The van der Waals surface area contributed by atoms with E-state index in [0.717, 1.165) is 37.6 Å². The molecule has 0 spiro atoms. The summed E-state index contributed by atoms with van der Waals surface area (Å²) >= 11 is 0. The van der Waals surface area contributed by atoms with E-state index in [1.165, 1.54) is 5.56 Å². The Morgan fingerprint density at radius 2 is 1.87 bits per heavy atom. The Morgan fingerprint density at radius 1 is 1.13 bits per heavy atom. The monoisotopic (exact) mass is 313 g/mol. The van der Waals surface area contributed by atoms with Crippen LogP contribution in [0.15, 0.2) is 42.7 Å². The molecule has 0 N–H and O–H groups in total. The Bertz CT molecular complexity index is 603. The maximum Gasteiger partial charge on any atom is 0.225 e. The zero-order valence-electron chi connectivity index (χ0n) is 13.7. The van der Waals surface area contributed by atoms with Gasteiger partial charge in [-0.25, -0.2) is 9.97 Å². The van der Waals surface area contributed by atoms with Crippen LogP contribution in [0, 0.1) is 5.92 Å². The third kappa shape index (κ3) is 3.79. The van der Waals surface area contributed by atoms with Crippen molar-refractivity contribution in [2.75, 3.05) is 32.2 Å². The summed E-state index contributed by atoms with van der Waals surface area (Å²) < 4.78 is 10.9. The molecule has 0 amide bonds. The molecule has 1 aromatic carbocycles. The molecule has 23 heavy (non-hydrogen) atoms. The highest BCUT2D eigenvalue weighted by molar-refractivity contribution is 5.31. The zero-order valence-corrected chi connectivity index (χ0v) is 13.7. The van der Waals surface area contributed by atoms with Crippen molar-refractivity contribution in [1.82, 2.24) is 9.97 Å². The molecule has 0 radical (unpaired) electrons. The van der Waals surface area contributed by atoms with Crippen molar-refractivity contribution in [3.8, 4) is 5.75 Å². The van der Waals surface area contributed by atoms with Crippen LogP contribution < -0.4 is 9.64 Å². The van der Waals surface area contributed by atoms with Crippen LogP contribution in [-0.2, 0) is 11.2 Å². The number of aromatic nitrogens is 2. The molecule has 5 nitrogen and oxygen atoms in total. The van der Waals surface area contributed by atoms with Gasteiger partial charge in [-0.1, -0.05) is 12.1 Å². The number of methoxy groups -OCH3 is 2. The van der Waals surface area contributed by atoms with Gasteiger partial charge in [0.2, 0.25) is 5.95 Å². The number of hydrogen-bond donors (Lipinski definition) is 0. The minimum absolute atomic E-state index is 0.275. The summed E-state index contributed by atoms with van der Waals surface area (Å²) in [5.41, 5.74) is 1.30. The first-order chi connectivity index (χ1) is 11.3. The second-order valence-electron chi connectivity index (χ2n) is 5.87. The molecule has 122 valence electrons. The van der Waals surface area contributed by atoms with E-state index in [1.807, 2.05) is 18.2 Å². The predicted molar refractivity (Wildman–Crippen MR) is 89.8 cm³/mol. The molecule has 5 heteroatoms. The van der Waals surface area contributed by atoms with Gasteiger partial charge in [-0.3, -0.25) is 0 Å². The van der Waals surface area contributed by atoms with Crippen LogP contribution in [0.4, 0.5) is 5.95 Å². The van der Waals surface area contributed by atoms with E-state index in [4.69, 9.17) is 9.47 Å². The summed E-state index contributed by atoms with van der Waals surface area (Å²) in [6.07, 6.45) is 5.84. The lowest BCUT2D eigenvalue weighted by Gasteiger charge is -2.38. The third-order valence-corrected chi connectivity index (χ3v) is 4.46. The lowest BCUT2D eigenvalue weighted by atomic mass is 9.88. The van der Waals surface area contributed by atoms with Crippen LogP contribution in [0.25, 0.3) is 0 Å². The Hall–Kier alpha value is -2.14. The Morgan fingerprint density at radius 3 is 2.52 bits per heavy atom. The van der Waals surface area contributed by atoms with Gasteiger partial charge in [0.1, 0.15) is 5.75 Å². The highest BCUT2D eigenvalue weighted by atomic mass is 16.5. The van der Waals surface area contributed by atoms with E-state index < -0.39 is 0 Å². The maximum absolute atomic E-state index is 5.71. The molecule has 2 heterocycles. The normalized spacial score (nSPS) is 21.2. The van der Waals surface area contributed by atoms with Gasteiger partial charge in [-0.05, 0) is 36.6 Å². The van der Waals surface area contributed by atoms with E-state index >= 15 is 0 Å². The topological polar surface area (TPSA) is 47.5 Å². The molecular weight excluding hydrogens is 290 g/mol.